The van der Waals surface area contributed by atoms with E-state index in [1.807, 2.05) is 49.1 Å². The molecule has 2 aromatic rings. The first-order valence-corrected chi connectivity index (χ1v) is 7.43. The monoisotopic (exact) mass is 280 g/mol. The Kier molecular flexibility index (Phi) is 3.50. The molecule has 108 valence electrons. The van der Waals surface area contributed by atoms with Crippen LogP contribution in [0.15, 0.2) is 36.4 Å². The number of anilines is 1. The van der Waals surface area contributed by atoms with E-state index in [-0.39, 0.29) is 5.91 Å². The predicted molar refractivity (Wildman–Crippen MR) is 84.9 cm³/mol. The number of fused-ring (bicyclic) bond motifs is 1. The number of para-hydroxylation sites is 1. The van der Waals surface area contributed by atoms with E-state index < -0.39 is 0 Å². The van der Waals surface area contributed by atoms with Crippen LogP contribution < -0.4 is 4.90 Å². The summed E-state index contributed by atoms with van der Waals surface area (Å²) in [7, 11) is 0. The summed E-state index contributed by atoms with van der Waals surface area (Å²) < 4.78 is 0. The summed E-state index contributed by atoms with van der Waals surface area (Å²) in [6, 6.07) is 12.0. The molecule has 1 aromatic heterocycles. The van der Waals surface area contributed by atoms with Gasteiger partial charge in [0.1, 0.15) is 0 Å². The zero-order chi connectivity index (χ0) is 15.0. The van der Waals surface area contributed by atoms with Gasteiger partial charge in [-0.3, -0.25) is 9.78 Å². The number of benzene rings is 1. The van der Waals surface area contributed by atoms with Crippen LogP contribution in [0, 0.1) is 13.8 Å². The number of rotatable bonds is 1. The zero-order valence-corrected chi connectivity index (χ0v) is 12.8. The number of nitrogens with zero attached hydrogens (tertiary/aromatic N) is 2. The molecule has 1 aliphatic heterocycles. The highest BCUT2D eigenvalue weighted by atomic mass is 16.2. The van der Waals surface area contributed by atoms with E-state index in [0.717, 1.165) is 30.0 Å². The lowest BCUT2D eigenvalue weighted by Crippen LogP contribution is -2.36. The second kappa shape index (κ2) is 5.32. The summed E-state index contributed by atoms with van der Waals surface area (Å²) >= 11 is 0. The third-order valence-corrected chi connectivity index (χ3v) is 4.24. The molecule has 1 amide bonds. The lowest BCUT2D eigenvalue weighted by atomic mass is 9.91. The van der Waals surface area contributed by atoms with Crippen molar-refractivity contribution >= 4 is 11.6 Å². The predicted octanol–water partition coefficient (Wildman–Crippen LogP) is 3.85. The SMILES string of the molecule is Cc1ccc(C(=O)N2CCC(C)c3ccccc32)c(C)n1. The van der Waals surface area contributed by atoms with Crippen molar-refractivity contribution in [3.8, 4) is 0 Å². The van der Waals surface area contributed by atoms with Crippen molar-refractivity contribution < 1.29 is 4.79 Å². The van der Waals surface area contributed by atoms with Gasteiger partial charge < -0.3 is 4.90 Å². The average Bonchev–Trinajstić information content (AvgIpc) is 2.47. The van der Waals surface area contributed by atoms with Gasteiger partial charge >= 0.3 is 0 Å². The number of carbonyl (C=O) groups is 1. The highest BCUT2D eigenvalue weighted by molar-refractivity contribution is 6.07. The molecule has 1 aliphatic rings. The number of carbonyl (C=O) groups excluding carboxylic acids is 1. The topological polar surface area (TPSA) is 33.2 Å². The third kappa shape index (κ3) is 2.44. The van der Waals surface area contributed by atoms with E-state index in [2.05, 4.69) is 18.0 Å². The third-order valence-electron chi connectivity index (χ3n) is 4.24. The highest BCUT2D eigenvalue weighted by Gasteiger charge is 2.27. The molecule has 0 aliphatic carbocycles. The smallest absolute Gasteiger partial charge is 0.260 e. The number of amides is 1. The molecule has 0 bridgehead atoms. The van der Waals surface area contributed by atoms with Gasteiger partial charge in [0, 0.05) is 17.9 Å². The fraction of sp³-hybridized carbons (Fsp3) is 0.333. The maximum absolute atomic E-state index is 12.9. The summed E-state index contributed by atoms with van der Waals surface area (Å²) in [5.74, 6) is 0.557. The van der Waals surface area contributed by atoms with E-state index in [0.29, 0.717) is 11.5 Å². The summed E-state index contributed by atoms with van der Waals surface area (Å²) in [6.07, 6.45) is 1.00. The number of hydrogen-bond donors (Lipinski definition) is 0. The standard InChI is InChI=1S/C18H20N2O/c1-12-10-11-20(17-7-5-4-6-15(12)17)18(21)16-9-8-13(2)19-14(16)3/h4-9,12H,10-11H2,1-3H3. The Bertz CT molecular complexity index is 693. The van der Waals surface area contributed by atoms with Crippen LogP contribution in [0.2, 0.25) is 0 Å². The van der Waals surface area contributed by atoms with E-state index in [9.17, 15) is 4.79 Å². The second-order valence-corrected chi connectivity index (χ2v) is 5.79. The van der Waals surface area contributed by atoms with Gasteiger partial charge in [-0.25, -0.2) is 0 Å². The second-order valence-electron chi connectivity index (χ2n) is 5.79. The van der Waals surface area contributed by atoms with Crippen molar-refractivity contribution in [3.05, 3.63) is 58.9 Å². The zero-order valence-electron chi connectivity index (χ0n) is 12.8. The molecule has 0 saturated carbocycles. The average molecular weight is 280 g/mol. The summed E-state index contributed by atoms with van der Waals surface area (Å²) in [6.45, 7) is 6.83. The molecule has 0 radical (unpaired) electrons. The van der Waals surface area contributed by atoms with Crippen LogP contribution >= 0.6 is 0 Å². The molecule has 21 heavy (non-hydrogen) atoms. The summed E-state index contributed by atoms with van der Waals surface area (Å²) in [5.41, 5.74) is 4.74. The number of pyridine rings is 1. The minimum atomic E-state index is 0.0550. The fourth-order valence-corrected chi connectivity index (χ4v) is 3.02. The van der Waals surface area contributed by atoms with E-state index in [4.69, 9.17) is 0 Å². The number of hydrogen-bond acceptors (Lipinski definition) is 2. The van der Waals surface area contributed by atoms with Crippen LogP contribution in [0.4, 0.5) is 5.69 Å². The first-order chi connectivity index (χ1) is 10.1. The van der Waals surface area contributed by atoms with Crippen molar-refractivity contribution in [1.29, 1.82) is 0 Å². The van der Waals surface area contributed by atoms with Gasteiger partial charge in [0.05, 0.1) is 11.3 Å². The van der Waals surface area contributed by atoms with Gasteiger partial charge in [-0.2, -0.15) is 0 Å². The molecule has 1 unspecified atom stereocenters. The molecule has 0 N–H and O–H groups in total. The molecule has 3 nitrogen and oxygen atoms in total. The van der Waals surface area contributed by atoms with Gasteiger partial charge in [0.2, 0.25) is 0 Å². The van der Waals surface area contributed by atoms with Gasteiger partial charge in [0.25, 0.3) is 5.91 Å². The first kappa shape index (κ1) is 13.8. The lowest BCUT2D eigenvalue weighted by Gasteiger charge is -2.33. The Morgan fingerprint density at radius 2 is 1.95 bits per heavy atom. The van der Waals surface area contributed by atoms with Gasteiger partial charge in [-0.15, -0.1) is 0 Å². The van der Waals surface area contributed by atoms with Crippen LogP contribution in [0.25, 0.3) is 0 Å². The normalized spacial score (nSPS) is 17.5. The van der Waals surface area contributed by atoms with Crippen LogP contribution in [0.5, 0.6) is 0 Å². The maximum atomic E-state index is 12.9. The van der Waals surface area contributed by atoms with Crippen LogP contribution in [-0.2, 0) is 0 Å². The van der Waals surface area contributed by atoms with Crippen molar-refractivity contribution in [2.45, 2.75) is 33.1 Å². The Hall–Kier alpha value is -2.16. The molecule has 0 saturated heterocycles. The molecule has 1 atom stereocenters. The number of aromatic nitrogens is 1. The van der Waals surface area contributed by atoms with E-state index in [1.54, 1.807) is 0 Å². The molecule has 3 rings (SSSR count). The van der Waals surface area contributed by atoms with Gasteiger partial charge in [0.15, 0.2) is 0 Å². The molecule has 1 aromatic carbocycles. The first-order valence-electron chi connectivity index (χ1n) is 7.43. The van der Waals surface area contributed by atoms with Crippen LogP contribution in [0.3, 0.4) is 0 Å². The molecule has 2 heterocycles. The molecular weight excluding hydrogens is 260 g/mol. The van der Waals surface area contributed by atoms with Crippen LogP contribution in [-0.4, -0.2) is 17.4 Å². The van der Waals surface area contributed by atoms with Crippen molar-refractivity contribution in [3.63, 3.8) is 0 Å². The Balaban J connectivity index is 2.01. The molecular formula is C18H20N2O. The van der Waals surface area contributed by atoms with Crippen LogP contribution in [0.1, 0.15) is 46.6 Å². The Morgan fingerprint density at radius 3 is 2.71 bits per heavy atom. The van der Waals surface area contributed by atoms with Crippen molar-refractivity contribution in [1.82, 2.24) is 4.98 Å². The van der Waals surface area contributed by atoms with E-state index in [1.165, 1.54) is 5.56 Å². The summed E-state index contributed by atoms with van der Waals surface area (Å²) in [5, 5.41) is 0. The quantitative estimate of drug-likeness (QED) is 0.795. The van der Waals surface area contributed by atoms with Gasteiger partial charge in [-0.05, 0) is 49.9 Å². The largest absolute Gasteiger partial charge is 0.308 e. The Labute approximate surface area is 125 Å². The number of aryl methyl sites for hydroxylation is 2. The highest BCUT2D eigenvalue weighted by Crippen LogP contribution is 2.35. The Morgan fingerprint density at radius 1 is 1.19 bits per heavy atom. The van der Waals surface area contributed by atoms with Gasteiger partial charge in [-0.1, -0.05) is 25.1 Å². The minimum Gasteiger partial charge on any atom is -0.308 e. The summed E-state index contributed by atoms with van der Waals surface area (Å²) in [4.78, 5) is 19.2. The van der Waals surface area contributed by atoms with Crippen molar-refractivity contribution in [2.24, 2.45) is 0 Å². The molecule has 3 heteroatoms. The lowest BCUT2D eigenvalue weighted by molar-refractivity contribution is 0.0983. The molecule has 0 spiro atoms. The van der Waals surface area contributed by atoms with Crippen molar-refractivity contribution in [2.75, 3.05) is 11.4 Å². The molecule has 0 fully saturated rings. The van der Waals surface area contributed by atoms with E-state index >= 15 is 0 Å². The maximum Gasteiger partial charge on any atom is 0.260 e. The minimum absolute atomic E-state index is 0.0550. The fourth-order valence-electron chi connectivity index (χ4n) is 3.02.